The largest absolute Gasteiger partial charge is 0.330 e. The molecular weight excluding hydrogens is 232 g/mol. The minimum atomic E-state index is 0.691. The van der Waals surface area contributed by atoms with Crippen LogP contribution in [0.15, 0.2) is 0 Å². The maximum atomic E-state index is 5.54. The molecule has 0 spiro atoms. The average Bonchev–Trinajstić information content (AvgIpc) is 2.39. The van der Waals surface area contributed by atoms with Gasteiger partial charge < -0.3 is 11.1 Å². The summed E-state index contributed by atoms with van der Waals surface area (Å²) >= 11 is 0. The molecule has 4 rings (SSSR count). The Bertz CT molecular complexity index is 286. The molecule has 4 aliphatic rings. The van der Waals surface area contributed by atoms with E-state index in [1.165, 1.54) is 51.6 Å². The van der Waals surface area contributed by atoms with Crippen molar-refractivity contribution in [2.75, 3.05) is 19.6 Å². The van der Waals surface area contributed by atoms with Crippen LogP contribution in [0.5, 0.6) is 0 Å². The highest BCUT2D eigenvalue weighted by Crippen LogP contribution is 2.61. The second kappa shape index (κ2) is 5.73. The van der Waals surface area contributed by atoms with Gasteiger partial charge in [0, 0.05) is 6.54 Å². The van der Waals surface area contributed by atoms with Gasteiger partial charge in [-0.2, -0.15) is 0 Å². The molecule has 0 amide bonds. The van der Waals surface area contributed by atoms with Crippen LogP contribution in [-0.2, 0) is 0 Å². The fraction of sp³-hybridized carbons (Fsp3) is 1.00. The van der Waals surface area contributed by atoms with Crippen molar-refractivity contribution >= 4 is 0 Å². The molecule has 4 fully saturated rings. The monoisotopic (exact) mass is 264 g/mol. The molecule has 0 heterocycles. The zero-order valence-electron chi connectivity index (χ0n) is 12.7. The quantitative estimate of drug-likeness (QED) is 0.693. The zero-order chi connectivity index (χ0) is 13.3. The molecule has 0 aliphatic heterocycles. The van der Waals surface area contributed by atoms with Gasteiger partial charge in [0.25, 0.3) is 0 Å². The molecule has 0 aromatic heterocycles. The smallest absolute Gasteiger partial charge is 0.000812 e. The Morgan fingerprint density at radius 1 is 1.05 bits per heavy atom. The summed E-state index contributed by atoms with van der Waals surface area (Å²) in [6.45, 7) is 5.89. The van der Waals surface area contributed by atoms with Gasteiger partial charge in [0.05, 0.1) is 0 Å². The Labute approximate surface area is 118 Å². The van der Waals surface area contributed by atoms with Crippen molar-refractivity contribution in [3.63, 3.8) is 0 Å². The molecule has 2 heteroatoms. The van der Waals surface area contributed by atoms with Crippen molar-refractivity contribution < 1.29 is 0 Å². The first-order valence-corrected chi connectivity index (χ1v) is 8.63. The predicted octanol–water partition coefficient (Wildman–Crippen LogP) is 3.17. The van der Waals surface area contributed by atoms with E-state index in [0.717, 1.165) is 30.2 Å². The lowest BCUT2D eigenvalue weighted by molar-refractivity contribution is -0.0876. The molecule has 4 saturated carbocycles. The SMILES string of the molecule is CC1C2CC3CC1CC(CNCCCCCN)(C3)C2. The zero-order valence-corrected chi connectivity index (χ0v) is 12.7. The van der Waals surface area contributed by atoms with Gasteiger partial charge in [0.2, 0.25) is 0 Å². The van der Waals surface area contributed by atoms with Crippen LogP contribution in [0.2, 0.25) is 0 Å². The molecule has 0 radical (unpaired) electrons. The molecule has 0 aromatic carbocycles. The first-order valence-electron chi connectivity index (χ1n) is 8.63. The third kappa shape index (κ3) is 2.85. The minimum Gasteiger partial charge on any atom is -0.330 e. The standard InChI is InChI=1S/C17H32N2/c1-13-15-7-14-8-16(13)11-17(9-14,10-15)12-19-6-4-2-3-5-18/h13-16,19H,2-12,18H2,1H3. The van der Waals surface area contributed by atoms with Crippen LogP contribution < -0.4 is 11.1 Å². The Morgan fingerprint density at radius 2 is 1.79 bits per heavy atom. The Balaban J connectivity index is 1.46. The molecule has 2 nitrogen and oxygen atoms in total. The van der Waals surface area contributed by atoms with Gasteiger partial charge in [-0.25, -0.2) is 0 Å². The Morgan fingerprint density at radius 3 is 2.47 bits per heavy atom. The summed E-state index contributed by atoms with van der Waals surface area (Å²) in [5, 5.41) is 3.78. The van der Waals surface area contributed by atoms with E-state index in [9.17, 15) is 0 Å². The number of nitrogens with two attached hydrogens (primary N) is 1. The van der Waals surface area contributed by atoms with Crippen molar-refractivity contribution in [2.45, 2.75) is 58.3 Å². The molecule has 0 saturated heterocycles. The van der Waals surface area contributed by atoms with E-state index in [1.807, 2.05) is 0 Å². The van der Waals surface area contributed by atoms with Crippen LogP contribution in [0.1, 0.15) is 58.3 Å². The number of unbranched alkanes of at least 4 members (excludes halogenated alkanes) is 2. The maximum Gasteiger partial charge on any atom is 0.000812 e. The summed E-state index contributed by atoms with van der Waals surface area (Å²) in [6.07, 6.45) is 11.5. The van der Waals surface area contributed by atoms with Gasteiger partial charge in [-0.15, -0.1) is 0 Å². The number of hydrogen-bond donors (Lipinski definition) is 2. The van der Waals surface area contributed by atoms with Crippen molar-refractivity contribution in [3.8, 4) is 0 Å². The second-order valence-electron chi connectivity index (χ2n) is 7.86. The number of hydrogen-bond acceptors (Lipinski definition) is 2. The summed E-state index contributed by atoms with van der Waals surface area (Å²) in [6, 6.07) is 0. The first-order chi connectivity index (χ1) is 9.22. The fourth-order valence-electron chi connectivity index (χ4n) is 5.59. The van der Waals surface area contributed by atoms with Crippen molar-refractivity contribution in [1.82, 2.24) is 5.32 Å². The third-order valence-corrected chi connectivity index (χ3v) is 6.43. The molecule has 2 atom stereocenters. The summed E-state index contributed by atoms with van der Waals surface area (Å²) in [7, 11) is 0. The fourth-order valence-corrected chi connectivity index (χ4v) is 5.59. The average molecular weight is 264 g/mol. The van der Waals surface area contributed by atoms with Crippen molar-refractivity contribution in [1.29, 1.82) is 0 Å². The summed E-state index contributed by atoms with van der Waals surface area (Å²) in [5.41, 5.74) is 6.23. The molecular formula is C17H32N2. The highest BCUT2D eigenvalue weighted by atomic mass is 14.9. The highest BCUT2D eigenvalue weighted by Gasteiger charge is 2.53. The highest BCUT2D eigenvalue weighted by molar-refractivity contribution is 5.04. The second-order valence-corrected chi connectivity index (χ2v) is 7.86. The van der Waals surface area contributed by atoms with Gasteiger partial charge in [0.1, 0.15) is 0 Å². The lowest BCUT2D eigenvalue weighted by Gasteiger charge is -2.60. The lowest BCUT2D eigenvalue weighted by atomic mass is 9.46. The lowest BCUT2D eigenvalue weighted by Crippen LogP contribution is -2.53. The van der Waals surface area contributed by atoms with E-state index in [1.54, 1.807) is 12.8 Å². The van der Waals surface area contributed by atoms with Crippen molar-refractivity contribution in [2.24, 2.45) is 34.8 Å². The molecule has 4 bridgehead atoms. The Hall–Kier alpha value is -0.0800. The third-order valence-electron chi connectivity index (χ3n) is 6.43. The van der Waals surface area contributed by atoms with Gasteiger partial charge >= 0.3 is 0 Å². The Kier molecular flexibility index (Phi) is 4.19. The molecule has 19 heavy (non-hydrogen) atoms. The summed E-state index contributed by atoms with van der Waals surface area (Å²) < 4.78 is 0. The van der Waals surface area contributed by atoms with E-state index >= 15 is 0 Å². The van der Waals surface area contributed by atoms with E-state index in [4.69, 9.17) is 5.73 Å². The van der Waals surface area contributed by atoms with E-state index in [0.29, 0.717) is 5.41 Å². The molecule has 3 N–H and O–H groups in total. The van der Waals surface area contributed by atoms with E-state index in [-0.39, 0.29) is 0 Å². The van der Waals surface area contributed by atoms with Crippen LogP contribution >= 0.6 is 0 Å². The van der Waals surface area contributed by atoms with Gasteiger partial charge in [-0.3, -0.25) is 0 Å². The van der Waals surface area contributed by atoms with E-state index in [2.05, 4.69) is 12.2 Å². The number of nitrogens with one attached hydrogen (secondary N) is 1. The molecule has 2 unspecified atom stereocenters. The number of rotatable bonds is 7. The van der Waals surface area contributed by atoms with Crippen molar-refractivity contribution in [3.05, 3.63) is 0 Å². The maximum absolute atomic E-state index is 5.54. The van der Waals surface area contributed by atoms with Gasteiger partial charge in [-0.1, -0.05) is 13.3 Å². The normalized spacial score (nSPS) is 43.9. The predicted molar refractivity (Wildman–Crippen MR) is 80.9 cm³/mol. The van der Waals surface area contributed by atoms with Crippen LogP contribution in [-0.4, -0.2) is 19.6 Å². The first kappa shape index (κ1) is 13.9. The van der Waals surface area contributed by atoms with Crippen LogP contribution in [0, 0.1) is 29.1 Å². The molecule has 0 aromatic rings. The molecule has 4 aliphatic carbocycles. The molecule has 110 valence electrons. The van der Waals surface area contributed by atoms with Gasteiger partial charge in [-0.05, 0) is 87.1 Å². The van der Waals surface area contributed by atoms with Crippen LogP contribution in [0.3, 0.4) is 0 Å². The topological polar surface area (TPSA) is 38.0 Å². The summed E-state index contributed by atoms with van der Waals surface area (Å²) in [4.78, 5) is 0. The van der Waals surface area contributed by atoms with E-state index < -0.39 is 0 Å². The van der Waals surface area contributed by atoms with Crippen LogP contribution in [0.25, 0.3) is 0 Å². The van der Waals surface area contributed by atoms with Gasteiger partial charge in [0.15, 0.2) is 0 Å². The van der Waals surface area contributed by atoms with Crippen LogP contribution in [0.4, 0.5) is 0 Å². The summed E-state index contributed by atoms with van der Waals surface area (Å²) in [5.74, 6) is 4.22. The minimum absolute atomic E-state index is 0.691.